The Balaban J connectivity index is 1.42. The standard InChI is InChI=1S/C22H21BrO/c23-21-19-16-11-15-17(19)18(15)20(16)22(21,14-9-5-2-6-10-14)24-12-13-7-3-1-4-8-13/h1-10,15-21H,11-12H2/t15?,16?,17?,18?,19?,20?,21-,22+/m0/s1. The van der Waals surface area contributed by atoms with Crippen molar-refractivity contribution in [2.45, 2.75) is 23.5 Å². The second-order valence-electron chi connectivity index (χ2n) is 8.16. The molecule has 0 aromatic heterocycles. The lowest BCUT2D eigenvalue weighted by Gasteiger charge is -2.42. The Morgan fingerprint density at radius 2 is 1.58 bits per heavy atom. The molecule has 0 saturated heterocycles. The van der Waals surface area contributed by atoms with Crippen LogP contribution in [0.4, 0.5) is 0 Å². The monoisotopic (exact) mass is 380 g/mol. The molecule has 1 nitrogen and oxygen atoms in total. The minimum atomic E-state index is -0.140. The first-order valence-electron chi connectivity index (χ1n) is 9.20. The summed E-state index contributed by atoms with van der Waals surface area (Å²) in [5, 5.41) is 0. The van der Waals surface area contributed by atoms with Crippen LogP contribution in [0.25, 0.3) is 0 Å². The minimum Gasteiger partial charge on any atom is -0.364 e. The van der Waals surface area contributed by atoms with Crippen molar-refractivity contribution in [1.82, 2.24) is 0 Å². The number of alkyl halides is 1. The summed E-state index contributed by atoms with van der Waals surface area (Å²) in [6.07, 6.45) is 1.45. The van der Waals surface area contributed by atoms with E-state index in [9.17, 15) is 0 Å². The molecule has 0 amide bonds. The predicted octanol–water partition coefficient (Wildman–Crippen LogP) is 5.00. The lowest BCUT2D eigenvalue weighted by atomic mass is 9.78. The first kappa shape index (κ1) is 14.1. The van der Waals surface area contributed by atoms with Crippen LogP contribution in [-0.2, 0) is 16.9 Å². The summed E-state index contributed by atoms with van der Waals surface area (Å²) in [5.41, 5.74) is 2.51. The van der Waals surface area contributed by atoms with Crippen molar-refractivity contribution < 1.29 is 4.74 Å². The molecular formula is C22H21BrO. The summed E-state index contributed by atoms with van der Waals surface area (Å²) in [5.74, 6) is 5.38. The van der Waals surface area contributed by atoms with Gasteiger partial charge in [0.25, 0.3) is 0 Å². The van der Waals surface area contributed by atoms with Crippen molar-refractivity contribution in [3.05, 3.63) is 71.8 Å². The SMILES string of the molecule is Br[C@H]1C2C3CC4C2C4C3[C@]1(OCc1ccccc1)c1ccccc1. The number of benzene rings is 2. The van der Waals surface area contributed by atoms with Gasteiger partial charge in [-0.2, -0.15) is 0 Å². The van der Waals surface area contributed by atoms with Crippen LogP contribution >= 0.6 is 15.9 Å². The van der Waals surface area contributed by atoms with Crippen LogP contribution < -0.4 is 0 Å². The highest BCUT2D eigenvalue weighted by atomic mass is 79.9. The van der Waals surface area contributed by atoms with Gasteiger partial charge in [-0.3, -0.25) is 0 Å². The van der Waals surface area contributed by atoms with Crippen LogP contribution in [0.2, 0.25) is 0 Å². The molecule has 0 aliphatic heterocycles. The van der Waals surface area contributed by atoms with Crippen molar-refractivity contribution in [1.29, 1.82) is 0 Å². The highest BCUT2D eigenvalue weighted by Crippen LogP contribution is 2.85. The van der Waals surface area contributed by atoms with Gasteiger partial charge in [-0.1, -0.05) is 76.6 Å². The average molecular weight is 381 g/mol. The summed E-state index contributed by atoms with van der Waals surface area (Å²) in [7, 11) is 0. The molecule has 2 aromatic carbocycles. The second-order valence-corrected chi connectivity index (χ2v) is 9.14. The van der Waals surface area contributed by atoms with E-state index in [-0.39, 0.29) is 5.60 Å². The van der Waals surface area contributed by atoms with Crippen LogP contribution in [0.3, 0.4) is 0 Å². The van der Waals surface area contributed by atoms with Crippen LogP contribution in [0.15, 0.2) is 60.7 Å². The number of halogens is 1. The van der Waals surface area contributed by atoms with Crippen molar-refractivity contribution in [3.63, 3.8) is 0 Å². The Hall–Kier alpha value is -1.12. The van der Waals surface area contributed by atoms with Crippen molar-refractivity contribution in [3.8, 4) is 0 Å². The summed E-state index contributed by atoms with van der Waals surface area (Å²) >= 11 is 4.14. The average Bonchev–Trinajstić information content (AvgIpc) is 2.98. The molecule has 24 heavy (non-hydrogen) atoms. The zero-order valence-corrected chi connectivity index (χ0v) is 15.1. The van der Waals surface area contributed by atoms with E-state index in [0.717, 1.165) is 29.6 Å². The van der Waals surface area contributed by atoms with E-state index < -0.39 is 0 Å². The molecule has 122 valence electrons. The zero-order valence-electron chi connectivity index (χ0n) is 13.5. The fourth-order valence-electron chi connectivity index (χ4n) is 6.79. The number of hydrogen-bond acceptors (Lipinski definition) is 1. The van der Waals surface area contributed by atoms with E-state index in [1.165, 1.54) is 17.5 Å². The molecule has 6 bridgehead atoms. The Kier molecular flexibility index (Phi) is 2.78. The Bertz CT molecular complexity index is 775. The second kappa shape index (κ2) is 4.74. The third-order valence-electron chi connectivity index (χ3n) is 7.44. The van der Waals surface area contributed by atoms with E-state index in [4.69, 9.17) is 4.74 Å². The summed E-state index contributed by atoms with van der Waals surface area (Å²) in [6.45, 7) is 0.704. The molecule has 0 heterocycles. The van der Waals surface area contributed by atoms with Gasteiger partial charge in [-0.25, -0.2) is 0 Å². The van der Waals surface area contributed by atoms with Gasteiger partial charge in [-0.05, 0) is 53.1 Å². The molecule has 5 saturated carbocycles. The van der Waals surface area contributed by atoms with Gasteiger partial charge < -0.3 is 4.74 Å². The maximum absolute atomic E-state index is 6.86. The molecule has 2 aromatic rings. The number of ether oxygens (including phenoxy) is 1. The number of hydrogen-bond donors (Lipinski definition) is 0. The maximum atomic E-state index is 6.86. The maximum Gasteiger partial charge on any atom is 0.110 e. The summed E-state index contributed by atoms with van der Waals surface area (Å²) < 4.78 is 6.86. The van der Waals surface area contributed by atoms with E-state index in [1.54, 1.807) is 0 Å². The van der Waals surface area contributed by atoms with Crippen molar-refractivity contribution in [2.24, 2.45) is 35.5 Å². The molecule has 0 N–H and O–H groups in total. The molecule has 5 fully saturated rings. The smallest absolute Gasteiger partial charge is 0.110 e. The summed E-state index contributed by atoms with van der Waals surface area (Å²) in [6, 6.07) is 21.7. The Morgan fingerprint density at radius 1 is 0.875 bits per heavy atom. The molecule has 0 spiro atoms. The van der Waals surface area contributed by atoms with E-state index in [2.05, 4.69) is 76.6 Å². The molecule has 6 unspecified atom stereocenters. The summed E-state index contributed by atoms with van der Waals surface area (Å²) in [4.78, 5) is 0.458. The molecule has 7 rings (SSSR count). The third kappa shape index (κ3) is 1.55. The minimum absolute atomic E-state index is 0.140. The quantitative estimate of drug-likeness (QED) is 0.677. The van der Waals surface area contributed by atoms with E-state index in [1.807, 2.05) is 0 Å². The van der Waals surface area contributed by atoms with E-state index in [0.29, 0.717) is 17.4 Å². The Labute approximate surface area is 151 Å². The van der Waals surface area contributed by atoms with Crippen molar-refractivity contribution >= 4 is 15.9 Å². The zero-order chi connectivity index (χ0) is 15.9. The Morgan fingerprint density at radius 3 is 2.25 bits per heavy atom. The molecule has 2 heteroatoms. The van der Waals surface area contributed by atoms with Gasteiger partial charge in [0.1, 0.15) is 5.60 Å². The first-order valence-corrected chi connectivity index (χ1v) is 10.1. The lowest BCUT2D eigenvalue weighted by Crippen LogP contribution is -2.45. The van der Waals surface area contributed by atoms with Gasteiger partial charge in [0.2, 0.25) is 0 Å². The predicted molar refractivity (Wildman–Crippen MR) is 97.6 cm³/mol. The van der Waals surface area contributed by atoms with E-state index >= 15 is 0 Å². The largest absolute Gasteiger partial charge is 0.364 e. The van der Waals surface area contributed by atoms with Crippen LogP contribution in [0.5, 0.6) is 0 Å². The molecule has 5 aliphatic rings. The topological polar surface area (TPSA) is 9.23 Å². The fraction of sp³-hybridized carbons (Fsp3) is 0.455. The van der Waals surface area contributed by atoms with Crippen molar-refractivity contribution in [2.75, 3.05) is 0 Å². The third-order valence-corrected chi connectivity index (χ3v) is 8.73. The molecule has 0 radical (unpaired) electrons. The van der Waals surface area contributed by atoms with Crippen LogP contribution in [0, 0.1) is 35.5 Å². The lowest BCUT2D eigenvalue weighted by molar-refractivity contribution is -0.0997. The van der Waals surface area contributed by atoms with Crippen LogP contribution in [-0.4, -0.2) is 4.83 Å². The van der Waals surface area contributed by atoms with Gasteiger partial charge >= 0.3 is 0 Å². The van der Waals surface area contributed by atoms with Gasteiger partial charge in [0, 0.05) is 0 Å². The van der Waals surface area contributed by atoms with Gasteiger partial charge in [0.05, 0.1) is 11.4 Å². The highest BCUT2D eigenvalue weighted by Gasteiger charge is 2.84. The molecular weight excluding hydrogens is 360 g/mol. The first-order chi connectivity index (χ1) is 11.8. The molecule has 5 aliphatic carbocycles. The number of rotatable bonds is 4. The van der Waals surface area contributed by atoms with Gasteiger partial charge in [0.15, 0.2) is 0 Å². The van der Waals surface area contributed by atoms with Crippen LogP contribution in [0.1, 0.15) is 17.5 Å². The highest BCUT2D eigenvalue weighted by molar-refractivity contribution is 9.09. The fourth-order valence-corrected chi connectivity index (χ4v) is 8.24. The normalized spacial score (nSPS) is 46.5. The van der Waals surface area contributed by atoms with Gasteiger partial charge in [-0.15, -0.1) is 0 Å². The molecule has 8 atom stereocenters.